The van der Waals surface area contributed by atoms with Crippen molar-refractivity contribution in [2.75, 3.05) is 19.7 Å². The lowest BCUT2D eigenvalue weighted by Crippen LogP contribution is -2.41. The molecular weight excluding hydrogens is 238 g/mol. The lowest BCUT2D eigenvalue weighted by molar-refractivity contribution is -0.133. The van der Waals surface area contributed by atoms with Crippen LogP contribution in [-0.2, 0) is 4.79 Å². The maximum absolute atomic E-state index is 12.3. The zero-order valence-corrected chi connectivity index (χ0v) is 11.6. The van der Waals surface area contributed by atoms with Gasteiger partial charge in [-0.1, -0.05) is 37.3 Å². The first kappa shape index (κ1) is 14.1. The van der Waals surface area contributed by atoms with Crippen molar-refractivity contribution in [3.05, 3.63) is 35.9 Å². The van der Waals surface area contributed by atoms with E-state index in [1.165, 1.54) is 5.56 Å². The van der Waals surface area contributed by atoms with Gasteiger partial charge in [-0.15, -0.1) is 0 Å². The molecule has 3 heteroatoms. The van der Waals surface area contributed by atoms with Gasteiger partial charge in [0.15, 0.2) is 0 Å². The number of carbonyl (C=O) groups excluding carboxylic acids is 1. The summed E-state index contributed by atoms with van der Waals surface area (Å²) in [6, 6.07) is 10.2. The van der Waals surface area contributed by atoms with E-state index in [9.17, 15) is 9.90 Å². The predicted molar refractivity (Wildman–Crippen MR) is 75.9 cm³/mol. The van der Waals surface area contributed by atoms with Gasteiger partial charge in [0.25, 0.3) is 0 Å². The molecule has 1 amide bonds. The zero-order valence-electron chi connectivity index (χ0n) is 11.6. The van der Waals surface area contributed by atoms with E-state index < -0.39 is 0 Å². The molecule has 1 aromatic rings. The van der Waals surface area contributed by atoms with E-state index in [0.29, 0.717) is 6.42 Å². The Bertz CT molecular complexity index is 404. The Kier molecular flexibility index (Phi) is 4.97. The van der Waals surface area contributed by atoms with Crippen LogP contribution in [0.15, 0.2) is 30.3 Å². The number of nitrogens with zero attached hydrogens (tertiary/aromatic N) is 1. The highest BCUT2D eigenvalue weighted by Crippen LogP contribution is 2.22. The Morgan fingerprint density at radius 1 is 1.42 bits per heavy atom. The highest BCUT2D eigenvalue weighted by Gasteiger charge is 2.24. The second-order valence-electron chi connectivity index (χ2n) is 5.55. The van der Waals surface area contributed by atoms with Crippen LogP contribution >= 0.6 is 0 Å². The summed E-state index contributed by atoms with van der Waals surface area (Å²) in [4.78, 5) is 14.2. The van der Waals surface area contributed by atoms with E-state index in [1.54, 1.807) is 0 Å². The zero-order chi connectivity index (χ0) is 13.7. The van der Waals surface area contributed by atoms with Crippen molar-refractivity contribution in [2.45, 2.75) is 32.1 Å². The molecule has 2 atom stereocenters. The Morgan fingerprint density at radius 2 is 2.16 bits per heavy atom. The van der Waals surface area contributed by atoms with Crippen molar-refractivity contribution >= 4 is 5.91 Å². The normalized spacial score (nSPS) is 21.2. The summed E-state index contributed by atoms with van der Waals surface area (Å²) in [5, 5.41) is 9.21. The molecule has 1 N–H and O–H groups in total. The number of likely N-dealkylation sites (tertiary alicyclic amines) is 1. The van der Waals surface area contributed by atoms with Gasteiger partial charge in [0.1, 0.15) is 0 Å². The molecule has 0 radical (unpaired) electrons. The van der Waals surface area contributed by atoms with Crippen LogP contribution < -0.4 is 0 Å². The number of piperidine rings is 1. The van der Waals surface area contributed by atoms with Gasteiger partial charge in [-0.3, -0.25) is 4.79 Å². The highest BCUT2D eigenvalue weighted by atomic mass is 16.3. The number of carbonyl (C=O) groups is 1. The van der Waals surface area contributed by atoms with Gasteiger partial charge >= 0.3 is 0 Å². The maximum Gasteiger partial charge on any atom is 0.223 e. The number of hydrogen-bond acceptors (Lipinski definition) is 2. The first-order chi connectivity index (χ1) is 9.20. The number of hydrogen-bond donors (Lipinski definition) is 1. The molecule has 19 heavy (non-hydrogen) atoms. The van der Waals surface area contributed by atoms with Crippen LogP contribution in [0.3, 0.4) is 0 Å². The predicted octanol–water partition coefficient (Wildman–Crippen LogP) is 2.41. The summed E-state index contributed by atoms with van der Waals surface area (Å²) in [6.07, 6.45) is 2.60. The van der Waals surface area contributed by atoms with Gasteiger partial charge in [-0.25, -0.2) is 0 Å². The summed E-state index contributed by atoms with van der Waals surface area (Å²) in [7, 11) is 0. The van der Waals surface area contributed by atoms with Gasteiger partial charge in [-0.05, 0) is 30.2 Å². The molecule has 1 aliphatic heterocycles. The average molecular weight is 261 g/mol. The molecule has 1 aromatic carbocycles. The fraction of sp³-hybridized carbons (Fsp3) is 0.562. The van der Waals surface area contributed by atoms with Crippen molar-refractivity contribution in [2.24, 2.45) is 5.92 Å². The van der Waals surface area contributed by atoms with E-state index in [0.717, 1.165) is 25.9 Å². The van der Waals surface area contributed by atoms with Crippen LogP contribution in [-0.4, -0.2) is 35.6 Å². The van der Waals surface area contributed by atoms with Crippen LogP contribution in [0.5, 0.6) is 0 Å². The van der Waals surface area contributed by atoms with Crippen molar-refractivity contribution in [1.29, 1.82) is 0 Å². The van der Waals surface area contributed by atoms with Crippen LogP contribution in [0.4, 0.5) is 0 Å². The molecular formula is C16H23NO2. The quantitative estimate of drug-likeness (QED) is 0.904. The standard InChI is InChI=1S/C16H23NO2/c1-13(15-7-3-2-4-8-15)10-16(19)17-9-5-6-14(11-17)12-18/h2-4,7-8,13-14,18H,5-6,9-12H2,1H3. The molecule has 1 fully saturated rings. The number of amides is 1. The number of benzene rings is 1. The minimum Gasteiger partial charge on any atom is -0.396 e. The number of rotatable bonds is 4. The molecule has 0 aromatic heterocycles. The smallest absolute Gasteiger partial charge is 0.223 e. The van der Waals surface area contributed by atoms with E-state index >= 15 is 0 Å². The lowest BCUT2D eigenvalue weighted by Gasteiger charge is -2.32. The molecule has 0 saturated carbocycles. The van der Waals surface area contributed by atoms with E-state index in [1.807, 2.05) is 23.1 Å². The van der Waals surface area contributed by atoms with Gasteiger partial charge in [0, 0.05) is 26.1 Å². The van der Waals surface area contributed by atoms with Crippen LogP contribution in [0.25, 0.3) is 0 Å². The summed E-state index contributed by atoms with van der Waals surface area (Å²) < 4.78 is 0. The molecule has 1 heterocycles. The van der Waals surface area contributed by atoms with Crippen LogP contribution in [0.1, 0.15) is 37.7 Å². The SMILES string of the molecule is CC(CC(=O)N1CCCC(CO)C1)c1ccccc1. The van der Waals surface area contributed by atoms with Gasteiger partial charge in [-0.2, -0.15) is 0 Å². The largest absolute Gasteiger partial charge is 0.396 e. The second kappa shape index (κ2) is 6.71. The Balaban J connectivity index is 1.90. The third-order valence-corrected chi connectivity index (χ3v) is 3.98. The molecule has 0 bridgehead atoms. The third kappa shape index (κ3) is 3.80. The van der Waals surface area contributed by atoms with Crippen molar-refractivity contribution < 1.29 is 9.90 Å². The Labute approximate surface area is 115 Å². The monoisotopic (exact) mass is 261 g/mol. The van der Waals surface area contributed by atoms with Gasteiger partial charge in [0.2, 0.25) is 5.91 Å². The molecule has 0 aliphatic carbocycles. The van der Waals surface area contributed by atoms with E-state index in [-0.39, 0.29) is 24.3 Å². The second-order valence-corrected chi connectivity index (χ2v) is 5.55. The number of aliphatic hydroxyl groups is 1. The van der Waals surface area contributed by atoms with Crippen LogP contribution in [0, 0.1) is 5.92 Å². The molecule has 1 saturated heterocycles. The first-order valence-corrected chi connectivity index (χ1v) is 7.14. The van der Waals surface area contributed by atoms with Gasteiger partial charge < -0.3 is 10.0 Å². The lowest BCUT2D eigenvalue weighted by atomic mass is 9.95. The minimum absolute atomic E-state index is 0.192. The Morgan fingerprint density at radius 3 is 2.84 bits per heavy atom. The molecule has 1 aliphatic rings. The summed E-state index contributed by atoms with van der Waals surface area (Å²) in [6.45, 7) is 3.85. The fourth-order valence-corrected chi connectivity index (χ4v) is 2.73. The number of aliphatic hydroxyl groups excluding tert-OH is 1. The van der Waals surface area contributed by atoms with Gasteiger partial charge in [0.05, 0.1) is 0 Å². The summed E-state index contributed by atoms with van der Waals surface area (Å²) in [5.41, 5.74) is 1.21. The fourth-order valence-electron chi connectivity index (χ4n) is 2.73. The van der Waals surface area contributed by atoms with Crippen molar-refractivity contribution in [3.63, 3.8) is 0 Å². The molecule has 2 rings (SSSR count). The third-order valence-electron chi connectivity index (χ3n) is 3.98. The summed E-state index contributed by atoms with van der Waals surface area (Å²) >= 11 is 0. The van der Waals surface area contributed by atoms with Crippen molar-refractivity contribution in [3.8, 4) is 0 Å². The highest BCUT2D eigenvalue weighted by molar-refractivity contribution is 5.77. The maximum atomic E-state index is 12.3. The van der Waals surface area contributed by atoms with E-state index in [4.69, 9.17) is 0 Å². The van der Waals surface area contributed by atoms with E-state index in [2.05, 4.69) is 19.1 Å². The first-order valence-electron chi connectivity index (χ1n) is 7.14. The van der Waals surface area contributed by atoms with Crippen LogP contribution in [0.2, 0.25) is 0 Å². The summed E-state index contributed by atoms with van der Waals surface area (Å²) in [5.74, 6) is 0.738. The van der Waals surface area contributed by atoms with Crippen molar-refractivity contribution in [1.82, 2.24) is 4.90 Å². The Hall–Kier alpha value is -1.35. The molecule has 0 spiro atoms. The molecule has 3 nitrogen and oxygen atoms in total. The topological polar surface area (TPSA) is 40.5 Å². The molecule has 2 unspecified atom stereocenters. The average Bonchev–Trinajstić information content (AvgIpc) is 2.48. The minimum atomic E-state index is 0.192. The molecule has 104 valence electrons.